The molecule has 0 amide bonds. The molecule has 0 heterocycles. The Bertz CT molecular complexity index is 544. The van der Waals surface area contributed by atoms with Crippen molar-refractivity contribution in [3.63, 3.8) is 0 Å². The van der Waals surface area contributed by atoms with Gasteiger partial charge in [-0.15, -0.1) is 0 Å². The molecule has 0 radical (unpaired) electrons. The van der Waals surface area contributed by atoms with Crippen LogP contribution in [0.2, 0.25) is 0 Å². The number of hydrogen-bond acceptors (Lipinski definition) is 4. The van der Waals surface area contributed by atoms with Crippen molar-refractivity contribution in [3.05, 3.63) is 35.4 Å². The lowest BCUT2D eigenvalue weighted by molar-refractivity contribution is 0.0419. The van der Waals surface area contributed by atoms with Crippen molar-refractivity contribution < 1.29 is 19.1 Å². The summed E-state index contributed by atoms with van der Waals surface area (Å²) in [5, 5.41) is 0. The van der Waals surface area contributed by atoms with Crippen LogP contribution in [-0.2, 0) is 9.47 Å². The Morgan fingerprint density at radius 1 is 1.00 bits per heavy atom. The first-order valence-corrected chi connectivity index (χ1v) is 9.01. The van der Waals surface area contributed by atoms with Crippen LogP contribution in [0, 0.1) is 11.8 Å². The van der Waals surface area contributed by atoms with Gasteiger partial charge in [-0.25, -0.2) is 9.59 Å². The van der Waals surface area contributed by atoms with Gasteiger partial charge in [0.1, 0.15) is 0 Å². The van der Waals surface area contributed by atoms with Gasteiger partial charge in [0.2, 0.25) is 0 Å². The molecule has 0 atom stereocenters. The lowest BCUT2D eigenvalue weighted by atomic mass is 9.87. The molecule has 0 bridgehead atoms. The second-order valence-electron chi connectivity index (χ2n) is 6.97. The maximum atomic E-state index is 12.3. The van der Waals surface area contributed by atoms with Crippen molar-refractivity contribution in [2.45, 2.75) is 52.4 Å². The van der Waals surface area contributed by atoms with E-state index < -0.39 is 11.9 Å². The molecule has 132 valence electrons. The molecule has 0 spiro atoms. The third kappa shape index (κ3) is 5.66. The first kappa shape index (κ1) is 18.5. The number of benzene rings is 1. The van der Waals surface area contributed by atoms with Crippen LogP contribution in [0.5, 0.6) is 0 Å². The van der Waals surface area contributed by atoms with E-state index in [1.165, 1.54) is 32.1 Å². The molecule has 1 aromatic carbocycles. The van der Waals surface area contributed by atoms with Gasteiger partial charge in [0.05, 0.1) is 24.3 Å². The monoisotopic (exact) mass is 332 g/mol. The molecular weight excluding hydrogens is 304 g/mol. The van der Waals surface area contributed by atoms with Gasteiger partial charge in [0.25, 0.3) is 0 Å². The van der Waals surface area contributed by atoms with E-state index in [1.54, 1.807) is 24.3 Å². The zero-order valence-corrected chi connectivity index (χ0v) is 14.8. The van der Waals surface area contributed by atoms with Gasteiger partial charge in [-0.05, 0) is 30.4 Å². The summed E-state index contributed by atoms with van der Waals surface area (Å²) in [6.45, 7) is 4.69. The van der Waals surface area contributed by atoms with Crippen molar-refractivity contribution in [1.82, 2.24) is 0 Å². The summed E-state index contributed by atoms with van der Waals surface area (Å²) in [6.07, 6.45) is 7.26. The summed E-state index contributed by atoms with van der Waals surface area (Å²) >= 11 is 0. The molecule has 2 rings (SSSR count). The van der Waals surface area contributed by atoms with Crippen LogP contribution in [0.25, 0.3) is 0 Å². The predicted molar refractivity (Wildman–Crippen MR) is 93.0 cm³/mol. The maximum Gasteiger partial charge on any atom is 0.339 e. The van der Waals surface area contributed by atoms with Crippen molar-refractivity contribution in [2.24, 2.45) is 11.8 Å². The molecule has 4 nitrogen and oxygen atoms in total. The van der Waals surface area contributed by atoms with E-state index in [-0.39, 0.29) is 17.0 Å². The Hall–Kier alpha value is -1.84. The molecular formula is C20H28O4. The fourth-order valence-electron chi connectivity index (χ4n) is 3.03. The maximum absolute atomic E-state index is 12.3. The van der Waals surface area contributed by atoms with Crippen molar-refractivity contribution in [1.29, 1.82) is 0 Å². The van der Waals surface area contributed by atoms with E-state index in [2.05, 4.69) is 0 Å². The molecule has 0 saturated heterocycles. The zero-order chi connectivity index (χ0) is 17.4. The predicted octanol–water partition coefficient (Wildman–Crippen LogP) is 4.63. The van der Waals surface area contributed by atoms with E-state index in [9.17, 15) is 9.59 Å². The fourth-order valence-corrected chi connectivity index (χ4v) is 3.03. The first-order valence-electron chi connectivity index (χ1n) is 9.01. The molecule has 1 aliphatic rings. The van der Waals surface area contributed by atoms with Crippen molar-refractivity contribution in [3.8, 4) is 0 Å². The smallest absolute Gasteiger partial charge is 0.339 e. The molecule has 1 aromatic rings. The summed E-state index contributed by atoms with van der Waals surface area (Å²) in [6, 6.07) is 6.69. The summed E-state index contributed by atoms with van der Waals surface area (Å²) < 4.78 is 10.6. The Balaban J connectivity index is 1.90. The number of ether oxygens (including phenoxy) is 2. The summed E-state index contributed by atoms with van der Waals surface area (Å²) in [7, 11) is 0. The lowest BCUT2D eigenvalue weighted by Gasteiger charge is -2.21. The van der Waals surface area contributed by atoms with Crippen LogP contribution >= 0.6 is 0 Å². The minimum absolute atomic E-state index is 0.253. The molecule has 4 heteroatoms. The normalized spacial score (nSPS) is 15.3. The number of rotatable bonds is 7. The highest BCUT2D eigenvalue weighted by Gasteiger charge is 2.20. The molecule has 1 saturated carbocycles. The summed E-state index contributed by atoms with van der Waals surface area (Å²) in [4.78, 5) is 24.5. The zero-order valence-electron chi connectivity index (χ0n) is 14.8. The highest BCUT2D eigenvalue weighted by atomic mass is 16.5. The number of esters is 2. The SMILES string of the molecule is CC(C)COC(=O)c1ccccc1C(=O)OCCC1CCCCC1. The third-order valence-electron chi connectivity index (χ3n) is 4.40. The average Bonchev–Trinajstić information content (AvgIpc) is 2.60. The van der Waals surface area contributed by atoms with Gasteiger partial charge < -0.3 is 9.47 Å². The van der Waals surface area contributed by atoms with Crippen LogP contribution in [0.15, 0.2) is 24.3 Å². The van der Waals surface area contributed by atoms with Gasteiger partial charge in [0, 0.05) is 0 Å². The van der Waals surface area contributed by atoms with E-state index in [1.807, 2.05) is 13.8 Å². The second kappa shape index (κ2) is 9.45. The molecule has 1 fully saturated rings. The standard InChI is InChI=1S/C20H28O4/c1-15(2)14-24-20(22)18-11-7-6-10-17(18)19(21)23-13-12-16-8-4-3-5-9-16/h6-7,10-11,15-16H,3-5,8-9,12-14H2,1-2H3. The topological polar surface area (TPSA) is 52.6 Å². The number of hydrogen-bond donors (Lipinski definition) is 0. The highest BCUT2D eigenvalue weighted by Crippen LogP contribution is 2.26. The molecule has 24 heavy (non-hydrogen) atoms. The van der Waals surface area contributed by atoms with E-state index in [0.29, 0.717) is 19.1 Å². The molecule has 1 aliphatic carbocycles. The lowest BCUT2D eigenvalue weighted by Crippen LogP contribution is -2.17. The Labute approximate surface area is 144 Å². The van der Waals surface area contributed by atoms with Crippen LogP contribution in [0.3, 0.4) is 0 Å². The van der Waals surface area contributed by atoms with Crippen LogP contribution in [-0.4, -0.2) is 25.2 Å². The van der Waals surface area contributed by atoms with Crippen LogP contribution in [0.4, 0.5) is 0 Å². The van der Waals surface area contributed by atoms with Gasteiger partial charge in [0.15, 0.2) is 0 Å². The minimum atomic E-state index is -0.469. The van der Waals surface area contributed by atoms with Gasteiger partial charge in [-0.1, -0.05) is 58.1 Å². The molecule has 0 aromatic heterocycles. The Morgan fingerprint density at radius 2 is 1.58 bits per heavy atom. The number of carbonyl (C=O) groups excluding carboxylic acids is 2. The fraction of sp³-hybridized carbons (Fsp3) is 0.600. The van der Waals surface area contributed by atoms with Gasteiger partial charge in [-0.2, -0.15) is 0 Å². The summed E-state index contributed by atoms with van der Waals surface area (Å²) in [5.74, 6) is 0.00722. The second-order valence-corrected chi connectivity index (χ2v) is 6.97. The largest absolute Gasteiger partial charge is 0.462 e. The van der Waals surface area contributed by atoms with Gasteiger partial charge >= 0.3 is 11.9 Å². The summed E-state index contributed by atoms with van der Waals surface area (Å²) in [5.41, 5.74) is 0.565. The first-order chi connectivity index (χ1) is 11.6. The molecule has 0 N–H and O–H groups in total. The molecule has 0 unspecified atom stereocenters. The van der Waals surface area contributed by atoms with Crippen LogP contribution < -0.4 is 0 Å². The van der Waals surface area contributed by atoms with E-state index in [4.69, 9.17) is 9.47 Å². The highest BCUT2D eigenvalue weighted by molar-refractivity contribution is 6.03. The molecule has 0 aliphatic heterocycles. The van der Waals surface area contributed by atoms with E-state index >= 15 is 0 Å². The minimum Gasteiger partial charge on any atom is -0.462 e. The third-order valence-corrected chi connectivity index (χ3v) is 4.40. The van der Waals surface area contributed by atoms with Gasteiger partial charge in [-0.3, -0.25) is 0 Å². The average molecular weight is 332 g/mol. The van der Waals surface area contributed by atoms with Crippen LogP contribution in [0.1, 0.15) is 73.1 Å². The van der Waals surface area contributed by atoms with E-state index in [0.717, 1.165) is 6.42 Å². The van der Waals surface area contributed by atoms with Crippen molar-refractivity contribution >= 4 is 11.9 Å². The van der Waals surface area contributed by atoms with Crippen molar-refractivity contribution in [2.75, 3.05) is 13.2 Å². The quantitative estimate of drug-likeness (QED) is 0.683. The Kier molecular flexibility index (Phi) is 7.29. The Morgan fingerprint density at radius 3 is 2.17 bits per heavy atom. The number of carbonyl (C=O) groups is 2.